The molecule has 27 heavy (non-hydrogen) atoms. The van der Waals surface area contributed by atoms with Crippen molar-refractivity contribution in [1.82, 2.24) is 10.3 Å². The van der Waals surface area contributed by atoms with E-state index in [1.807, 2.05) is 31.2 Å². The molecule has 0 radical (unpaired) electrons. The number of carbonyl (C=O) groups is 1. The quantitative estimate of drug-likeness (QED) is 0.654. The van der Waals surface area contributed by atoms with Crippen molar-refractivity contribution < 1.29 is 17.9 Å². The Morgan fingerprint density at radius 2 is 1.93 bits per heavy atom. The number of carbonyl (C=O) groups excluding carboxylic acids is 1. The number of aromatic nitrogens is 1. The summed E-state index contributed by atoms with van der Waals surface area (Å²) < 4.78 is 31.0. The maximum atomic E-state index is 12.5. The van der Waals surface area contributed by atoms with Crippen molar-refractivity contribution in [2.45, 2.75) is 24.8 Å². The summed E-state index contributed by atoms with van der Waals surface area (Å²) in [6.45, 7) is 2.22. The smallest absolute Gasteiger partial charge is 0.221 e. The third kappa shape index (κ3) is 4.84. The zero-order valence-corrected chi connectivity index (χ0v) is 16.7. The molecule has 0 saturated heterocycles. The van der Waals surface area contributed by atoms with E-state index in [4.69, 9.17) is 4.74 Å². The van der Waals surface area contributed by atoms with Gasteiger partial charge in [-0.05, 0) is 42.8 Å². The number of ether oxygens (including phenoxy) is 1. The number of hydrogen-bond donors (Lipinski definition) is 1. The van der Waals surface area contributed by atoms with Crippen molar-refractivity contribution in [2.75, 3.05) is 12.9 Å². The lowest BCUT2D eigenvalue weighted by Gasteiger charge is -2.07. The maximum Gasteiger partial charge on any atom is 0.221 e. The van der Waals surface area contributed by atoms with Gasteiger partial charge in [-0.15, -0.1) is 11.3 Å². The fourth-order valence-corrected chi connectivity index (χ4v) is 4.79. The highest BCUT2D eigenvalue weighted by atomic mass is 32.2. The molecule has 1 N–H and O–H groups in total. The van der Waals surface area contributed by atoms with E-state index in [0.29, 0.717) is 6.54 Å². The van der Waals surface area contributed by atoms with Crippen molar-refractivity contribution in [1.29, 1.82) is 0 Å². The van der Waals surface area contributed by atoms with Crippen molar-refractivity contribution >= 4 is 37.3 Å². The van der Waals surface area contributed by atoms with Gasteiger partial charge in [-0.25, -0.2) is 13.4 Å². The van der Waals surface area contributed by atoms with E-state index in [-0.39, 0.29) is 23.0 Å². The lowest BCUT2D eigenvalue weighted by atomic mass is 10.2. The molecule has 1 heterocycles. The molecule has 1 aromatic heterocycles. The molecule has 0 aliphatic carbocycles. The summed E-state index contributed by atoms with van der Waals surface area (Å²) in [5.41, 5.74) is 1.70. The average molecular weight is 405 g/mol. The van der Waals surface area contributed by atoms with Crippen LogP contribution in [0.3, 0.4) is 0 Å². The number of sulfone groups is 1. The van der Waals surface area contributed by atoms with Crippen LogP contribution >= 0.6 is 11.3 Å². The molecule has 142 valence electrons. The van der Waals surface area contributed by atoms with Crippen LogP contribution in [0.1, 0.15) is 17.0 Å². The van der Waals surface area contributed by atoms with Crippen molar-refractivity contribution in [2.24, 2.45) is 0 Å². The first-order chi connectivity index (χ1) is 12.9. The van der Waals surface area contributed by atoms with Gasteiger partial charge >= 0.3 is 0 Å². The van der Waals surface area contributed by atoms with E-state index in [9.17, 15) is 13.2 Å². The molecule has 3 aromatic rings. The third-order valence-corrected chi connectivity index (χ3v) is 6.72. The zero-order valence-electron chi connectivity index (χ0n) is 15.1. The zero-order chi connectivity index (χ0) is 19.4. The van der Waals surface area contributed by atoms with E-state index in [0.717, 1.165) is 26.5 Å². The first kappa shape index (κ1) is 19.3. The van der Waals surface area contributed by atoms with E-state index < -0.39 is 9.84 Å². The summed E-state index contributed by atoms with van der Waals surface area (Å²) in [5.74, 6) is 0.207. The van der Waals surface area contributed by atoms with Gasteiger partial charge in [0.15, 0.2) is 9.84 Å². The minimum absolute atomic E-state index is 0.0851. The Labute approximate surface area is 162 Å². The molecule has 0 spiro atoms. The van der Waals surface area contributed by atoms with Gasteiger partial charge in [0, 0.05) is 13.0 Å². The number of benzene rings is 2. The van der Waals surface area contributed by atoms with Crippen LogP contribution < -0.4 is 10.1 Å². The second-order valence-electron chi connectivity index (χ2n) is 6.06. The molecule has 0 atom stereocenters. The predicted molar refractivity (Wildman–Crippen MR) is 106 cm³/mol. The third-order valence-electron chi connectivity index (χ3n) is 4.07. The second-order valence-corrected chi connectivity index (χ2v) is 9.40. The first-order valence-electron chi connectivity index (χ1n) is 8.37. The highest BCUT2D eigenvalue weighted by molar-refractivity contribution is 7.91. The predicted octanol–water partition coefficient (Wildman–Crippen LogP) is 3.09. The molecular weight excluding hydrogens is 384 g/mol. The Balaban J connectivity index is 1.57. The monoisotopic (exact) mass is 404 g/mol. The summed E-state index contributed by atoms with van der Waals surface area (Å²) in [7, 11) is -1.94. The summed E-state index contributed by atoms with van der Waals surface area (Å²) in [5, 5.41) is 3.63. The van der Waals surface area contributed by atoms with Crippen molar-refractivity contribution in [3.8, 4) is 5.75 Å². The fourth-order valence-electron chi connectivity index (χ4n) is 2.59. The Morgan fingerprint density at radius 3 is 2.63 bits per heavy atom. The van der Waals surface area contributed by atoms with Crippen LogP contribution in [0.15, 0.2) is 47.4 Å². The Morgan fingerprint density at radius 1 is 1.19 bits per heavy atom. The first-order valence-corrected chi connectivity index (χ1v) is 10.8. The Hall–Kier alpha value is -2.45. The summed E-state index contributed by atoms with van der Waals surface area (Å²) in [4.78, 5) is 16.6. The van der Waals surface area contributed by atoms with Gasteiger partial charge in [0.25, 0.3) is 0 Å². The Kier molecular flexibility index (Phi) is 5.76. The summed E-state index contributed by atoms with van der Waals surface area (Å²) in [6, 6.07) is 12.2. The van der Waals surface area contributed by atoms with E-state index in [1.165, 1.54) is 11.3 Å². The van der Waals surface area contributed by atoms with Crippen LogP contribution in [0.2, 0.25) is 0 Å². The minimum atomic E-state index is -3.53. The Bertz CT molecular complexity index is 1060. The number of amides is 1. The van der Waals surface area contributed by atoms with Crippen LogP contribution in [0.25, 0.3) is 10.2 Å². The highest BCUT2D eigenvalue weighted by Crippen LogP contribution is 2.25. The molecule has 6 nitrogen and oxygen atoms in total. The SMILES string of the molecule is COc1ccc(CNC(=O)CCS(=O)(=O)c2ccc3nc(C)sc3c2)cc1. The molecule has 0 aliphatic rings. The highest BCUT2D eigenvalue weighted by Gasteiger charge is 2.17. The van der Waals surface area contributed by atoms with E-state index in [1.54, 1.807) is 25.3 Å². The largest absolute Gasteiger partial charge is 0.497 e. The maximum absolute atomic E-state index is 12.5. The number of nitrogens with one attached hydrogen (secondary N) is 1. The molecule has 2 aromatic carbocycles. The van der Waals surface area contributed by atoms with Crippen LogP contribution in [-0.2, 0) is 21.2 Å². The summed E-state index contributed by atoms with van der Waals surface area (Å²) >= 11 is 1.45. The standard InChI is InChI=1S/C19H20N2O4S2/c1-13-21-17-8-7-16(11-18(17)26-13)27(23,24)10-9-19(22)20-12-14-3-5-15(25-2)6-4-14/h3-8,11H,9-10,12H2,1-2H3,(H,20,22). The van der Waals surface area contributed by atoms with Gasteiger partial charge in [0.2, 0.25) is 5.91 Å². The van der Waals surface area contributed by atoms with Gasteiger partial charge < -0.3 is 10.1 Å². The van der Waals surface area contributed by atoms with Crippen molar-refractivity contribution in [3.63, 3.8) is 0 Å². The van der Waals surface area contributed by atoms with Gasteiger partial charge in [-0.1, -0.05) is 12.1 Å². The normalized spacial score (nSPS) is 11.5. The topological polar surface area (TPSA) is 85.4 Å². The average Bonchev–Trinajstić information content (AvgIpc) is 3.04. The van der Waals surface area contributed by atoms with Gasteiger partial charge in [0.05, 0.1) is 33.0 Å². The number of nitrogens with zero attached hydrogens (tertiary/aromatic N) is 1. The molecular formula is C19H20N2O4S2. The van der Waals surface area contributed by atoms with Crippen LogP contribution in [0, 0.1) is 6.92 Å². The van der Waals surface area contributed by atoms with Crippen LogP contribution in [0.5, 0.6) is 5.75 Å². The number of fused-ring (bicyclic) bond motifs is 1. The molecule has 0 bridgehead atoms. The lowest BCUT2D eigenvalue weighted by Crippen LogP contribution is -2.25. The van der Waals surface area contributed by atoms with E-state index in [2.05, 4.69) is 10.3 Å². The van der Waals surface area contributed by atoms with Gasteiger partial charge in [-0.3, -0.25) is 4.79 Å². The fraction of sp³-hybridized carbons (Fsp3) is 0.263. The molecule has 0 aliphatic heterocycles. The number of rotatable bonds is 7. The lowest BCUT2D eigenvalue weighted by molar-refractivity contribution is -0.120. The molecule has 1 amide bonds. The number of thiazole rings is 1. The van der Waals surface area contributed by atoms with Crippen molar-refractivity contribution in [3.05, 3.63) is 53.0 Å². The number of methoxy groups -OCH3 is 1. The minimum Gasteiger partial charge on any atom is -0.497 e. The van der Waals surface area contributed by atoms with E-state index >= 15 is 0 Å². The molecule has 0 unspecified atom stereocenters. The van der Waals surface area contributed by atoms with Crippen LogP contribution in [0.4, 0.5) is 0 Å². The molecule has 0 fully saturated rings. The van der Waals surface area contributed by atoms with Crippen LogP contribution in [-0.4, -0.2) is 32.2 Å². The number of hydrogen-bond acceptors (Lipinski definition) is 6. The van der Waals surface area contributed by atoms with Gasteiger partial charge in [-0.2, -0.15) is 0 Å². The summed E-state index contributed by atoms with van der Waals surface area (Å²) in [6.07, 6.45) is -0.0851. The molecule has 8 heteroatoms. The molecule has 0 saturated carbocycles. The second kappa shape index (κ2) is 8.06. The van der Waals surface area contributed by atoms with Gasteiger partial charge in [0.1, 0.15) is 5.75 Å². The molecule has 3 rings (SSSR count). The number of aryl methyl sites for hydroxylation is 1.